The van der Waals surface area contributed by atoms with Gasteiger partial charge in [0.1, 0.15) is 0 Å². The molecule has 0 aromatic heterocycles. The fourth-order valence-corrected chi connectivity index (χ4v) is 6.91. The Bertz CT molecular complexity index is 1670. The third-order valence-corrected chi connectivity index (χ3v) is 8.99. The molecule has 0 radical (unpaired) electrons. The maximum absolute atomic E-state index is 2.54. The Labute approximate surface area is 232 Å². The highest BCUT2D eigenvalue weighted by atomic mass is 15.1. The van der Waals surface area contributed by atoms with Gasteiger partial charge in [0.25, 0.3) is 0 Å². The molecule has 39 heavy (non-hydrogen) atoms. The highest BCUT2D eigenvalue weighted by Gasteiger charge is 2.36. The van der Waals surface area contributed by atoms with Crippen molar-refractivity contribution < 1.29 is 0 Å². The molecule has 0 saturated carbocycles. The Hall–Kier alpha value is -4.10. The van der Waals surface area contributed by atoms with Crippen molar-refractivity contribution in [2.45, 2.75) is 51.9 Å². The topological polar surface area (TPSA) is 3.24 Å². The first kappa shape index (κ1) is 24.0. The molecule has 0 heterocycles. The maximum Gasteiger partial charge on any atom is 0.0525 e. The fourth-order valence-electron chi connectivity index (χ4n) is 6.91. The second-order valence-electron chi connectivity index (χ2n) is 11.7. The molecule has 0 aliphatic heterocycles. The van der Waals surface area contributed by atoms with E-state index in [0.29, 0.717) is 0 Å². The van der Waals surface area contributed by atoms with Crippen LogP contribution in [0.5, 0.6) is 0 Å². The molecule has 1 heteroatoms. The summed E-state index contributed by atoms with van der Waals surface area (Å²) < 4.78 is 0. The fraction of sp³-hybridized carbons (Fsp3) is 0.211. The van der Waals surface area contributed by atoms with Crippen LogP contribution in [-0.2, 0) is 18.3 Å². The first-order valence-electron chi connectivity index (χ1n) is 14.3. The molecule has 0 unspecified atom stereocenters. The van der Waals surface area contributed by atoms with Gasteiger partial charge in [-0.1, -0.05) is 98.8 Å². The van der Waals surface area contributed by atoms with Crippen LogP contribution >= 0.6 is 0 Å². The Morgan fingerprint density at radius 3 is 2.08 bits per heavy atom. The number of rotatable bonds is 4. The Morgan fingerprint density at radius 2 is 1.26 bits per heavy atom. The van der Waals surface area contributed by atoms with Crippen LogP contribution in [-0.4, -0.2) is 0 Å². The number of nitrogens with zero attached hydrogens (tertiary/aromatic N) is 1. The molecular weight excluding hydrogens is 470 g/mol. The number of benzene rings is 5. The summed E-state index contributed by atoms with van der Waals surface area (Å²) in [5.41, 5.74) is 16.2. The standard InChI is InChI=1S/C38H35N/c1-26-17-18-29-13-7-8-14-32(29)37(26)39(30-21-19-28(20-22-30)27-11-5-4-6-12-27)31-23-24-34-33-15-9-10-16-35(33)38(2,3)36(34)25-31/h4-6,9-12,15-25H,7-8,13-14H2,1-3H3. The van der Waals surface area contributed by atoms with Crippen LogP contribution in [0.4, 0.5) is 17.1 Å². The molecule has 192 valence electrons. The van der Waals surface area contributed by atoms with E-state index >= 15 is 0 Å². The van der Waals surface area contributed by atoms with Crippen molar-refractivity contribution in [2.75, 3.05) is 4.90 Å². The van der Waals surface area contributed by atoms with Gasteiger partial charge in [-0.05, 0) is 107 Å². The van der Waals surface area contributed by atoms with Crippen LogP contribution in [0.2, 0.25) is 0 Å². The molecular formula is C38H35N. The molecule has 5 aromatic rings. The van der Waals surface area contributed by atoms with Gasteiger partial charge in [0.05, 0.1) is 5.69 Å². The Balaban J connectivity index is 1.42. The van der Waals surface area contributed by atoms with Crippen molar-refractivity contribution in [2.24, 2.45) is 0 Å². The van der Waals surface area contributed by atoms with Gasteiger partial charge in [-0.25, -0.2) is 0 Å². The summed E-state index contributed by atoms with van der Waals surface area (Å²) in [5, 5.41) is 0. The molecule has 5 aromatic carbocycles. The van der Waals surface area contributed by atoms with Crippen molar-refractivity contribution in [3.63, 3.8) is 0 Å². The van der Waals surface area contributed by atoms with Crippen molar-refractivity contribution in [3.05, 3.63) is 137 Å². The summed E-state index contributed by atoms with van der Waals surface area (Å²) in [4.78, 5) is 2.54. The lowest BCUT2D eigenvalue weighted by atomic mass is 9.82. The molecule has 0 saturated heterocycles. The molecule has 2 aliphatic carbocycles. The van der Waals surface area contributed by atoms with Crippen molar-refractivity contribution >= 4 is 17.1 Å². The zero-order chi connectivity index (χ0) is 26.6. The van der Waals surface area contributed by atoms with Crippen molar-refractivity contribution in [1.82, 2.24) is 0 Å². The zero-order valence-corrected chi connectivity index (χ0v) is 23.2. The van der Waals surface area contributed by atoms with Crippen LogP contribution in [0.1, 0.15) is 54.5 Å². The summed E-state index contributed by atoms with van der Waals surface area (Å²) >= 11 is 0. The van der Waals surface area contributed by atoms with Crippen LogP contribution < -0.4 is 4.90 Å². The number of aryl methyl sites for hydroxylation is 2. The lowest BCUT2D eigenvalue weighted by Gasteiger charge is -2.33. The SMILES string of the molecule is Cc1ccc2c(c1N(c1ccc(-c3ccccc3)cc1)c1ccc3c(c1)C(C)(C)c1ccccc1-3)CCCC2. The minimum absolute atomic E-state index is 0.0318. The smallest absolute Gasteiger partial charge is 0.0525 e. The Morgan fingerprint density at radius 1 is 0.590 bits per heavy atom. The molecule has 0 fully saturated rings. The predicted octanol–water partition coefficient (Wildman–Crippen LogP) is 10.3. The zero-order valence-electron chi connectivity index (χ0n) is 23.2. The average Bonchev–Trinajstić information content (AvgIpc) is 3.21. The van der Waals surface area contributed by atoms with Gasteiger partial charge in [-0.2, -0.15) is 0 Å². The molecule has 0 amide bonds. The van der Waals surface area contributed by atoms with Gasteiger partial charge >= 0.3 is 0 Å². The van der Waals surface area contributed by atoms with E-state index in [1.165, 1.54) is 86.4 Å². The van der Waals surface area contributed by atoms with E-state index in [-0.39, 0.29) is 5.41 Å². The van der Waals surface area contributed by atoms with Crippen LogP contribution in [0, 0.1) is 6.92 Å². The van der Waals surface area contributed by atoms with Gasteiger partial charge in [0.2, 0.25) is 0 Å². The van der Waals surface area contributed by atoms with Gasteiger partial charge in [-0.3, -0.25) is 0 Å². The molecule has 2 aliphatic rings. The van der Waals surface area contributed by atoms with Crippen LogP contribution in [0.15, 0.2) is 109 Å². The van der Waals surface area contributed by atoms with Crippen molar-refractivity contribution in [1.29, 1.82) is 0 Å². The number of hydrogen-bond acceptors (Lipinski definition) is 1. The lowest BCUT2D eigenvalue weighted by molar-refractivity contribution is 0.660. The van der Waals surface area contributed by atoms with E-state index in [0.717, 1.165) is 6.42 Å². The first-order chi connectivity index (χ1) is 19.0. The van der Waals surface area contributed by atoms with Crippen LogP contribution in [0.25, 0.3) is 22.3 Å². The van der Waals surface area contributed by atoms with E-state index < -0.39 is 0 Å². The summed E-state index contributed by atoms with van der Waals surface area (Å²) in [5.74, 6) is 0. The number of anilines is 3. The van der Waals surface area contributed by atoms with Gasteiger partial charge < -0.3 is 4.90 Å². The summed E-state index contributed by atoms with van der Waals surface area (Å²) in [6.07, 6.45) is 4.87. The quantitative estimate of drug-likeness (QED) is 0.235. The molecule has 0 bridgehead atoms. The Kier molecular flexibility index (Phi) is 5.70. The third kappa shape index (κ3) is 3.91. The van der Waals surface area contributed by atoms with E-state index in [2.05, 4.69) is 135 Å². The largest absolute Gasteiger partial charge is 0.310 e. The molecule has 0 N–H and O–H groups in total. The molecule has 0 atom stereocenters. The van der Waals surface area contributed by atoms with Crippen molar-refractivity contribution in [3.8, 4) is 22.3 Å². The minimum Gasteiger partial charge on any atom is -0.310 e. The van der Waals surface area contributed by atoms with E-state index in [4.69, 9.17) is 0 Å². The minimum atomic E-state index is -0.0318. The maximum atomic E-state index is 2.54. The third-order valence-electron chi connectivity index (χ3n) is 8.99. The van der Waals surface area contributed by atoms with Gasteiger partial charge in [0.15, 0.2) is 0 Å². The summed E-state index contributed by atoms with van der Waals surface area (Å²) in [6, 6.07) is 40.6. The highest BCUT2D eigenvalue weighted by Crippen LogP contribution is 2.51. The van der Waals surface area contributed by atoms with E-state index in [9.17, 15) is 0 Å². The molecule has 7 rings (SSSR count). The monoisotopic (exact) mass is 505 g/mol. The summed E-state index contributed by atoms with van der Waals surface area (Å²) in [7, 11) is 0. The van der Waals surface area contributed by atoms with Crippen LogP contribution in [0.3, 0.4) is 0 Å². The average molecular weight is 506 g/mol. The van der Waals surface area contributed by atoms with Gasteiger partial charge in [0, 0.05) is 16.8 Å². The summed E-state index contributed by atoms with van der Waals surface area (Å²) in [6.45, 7) is 7.02. The second kappa shape index (κ2) is 9.27. The second-order valence-corrected chi connectivity index (χ2v) is 11.7. The predicted molar refractivity (Wildman–Crippen MR) is 166 cm³/mol. The number of fused-ring (bicyclic) bond motifs is 4. The normalized spacial score (nSPS) is 14.8. The lowest BCUT2D eigenvalue weighted by Crippen LogP contribution is -2.19. The van der Waals surface area contributed by atoms with E-state index in [1.54, 1.807) is 0 Å². The first-order valence-corrected chi connectivity index (χ1v) is 14.3. The van der Waals surface area contributed by atoms with E-state index in [1.807, 2.05) is 0 Å². The highest BCUT2D eigenvalue weighted by molar-refractivity contribution is 5.87. The van der Waals surface area contributed by atoms with Gasteiger partial charge in [-0.15, -0.1) is 0 Å². The number of hydrogen-bond donors (Lipinski definition) is 0. The molecule has 0 spiro atoms. The molecule has 1 nitrogen and oxygen atoms in total.